The first-order valence-corrected chi connectivity index (χ1v) is 6.04. The number of ether oxygens (including phenoxy) is 2. The molecule has 1 aromatic carbocycles. The van der Waals surface area contributed by atoms with Crippen molar-refractivity contribution < 1.29 is 23.4 Å². The minimum Gasteiger partial charge on any atom is -0.485 e. The van der Waals surface area contributed by atoms with Gasteiger partial charge in [0.15, 0.2) is 17.4 Å². The van der Waals surface area contributed by atoms with Gasteiger partial charge in [0.05, 0.1) is 12.7 Å². The lowest BCUT2D eigenvalue weighted by molar-refractivity contribution is -0.0124. The number of halogens is 2. The van der Waals surface area contributed by atoms with Crippen LogP contribution in [-0.2, 0) is 11.3 Å². The highest BCUT2D eigenvalue weighted by Gasteiger charge is 2.18. The average Bonchev–Trinajstić information content (AvgIpc) is 2.38. The minimum atomic E-state index is -0.796. The van der Waals surface area contributed by atoms with Crippen molar-refractivity contribution in [3.63, 3.8) is 0 Å². The van der Waals surface area contributed by atoms with E-state index in [0.29, 0.717) is 6.61 Å². The molecule has 1 saturated heterocycles. The fourth-order valence-electron chi connectivity index (χ4n) is 1.96. The van der Waals surface area contributed by atoms with E-state index >= 15 is 0 Å². The highest BCUT2D eigenvalue weighted by Crippen LogP contribution is 2.24. The second kappa shape index (κ2) is 6.11. The maximum absolute atomic E-state index is 13.5. The van der Waals surface area contributed by atoms with Crippen molar-refractivity contribution in [2.24, 2.45) is 0 Å². The van der Waals surface area contributed by atoms with Crippen LogP contribution in [0.1, 0.15) is 24.8 Å². The first-order valence-electron chi connectivity index (χ1n) is 6.04. The zero-order chi connectivity index (χ0) is 13.0. The second-order valence-electron chi connectivity index (χ2n) is 4.35. The van der Waals surface area contributed by atoms with E-state index in [9.17, 15) is 8.78 Å². The molecule has 1 heterocycles. The van der Waals surface area contributed by atoms with Crippen molar-refractivity contribution >= 4 is 0 Å². The van der Waals surface area contributed by atoms with Gasteiger partial charge in [0.25, 0.3) is 0 Å². The van der Waals surface area contributed by atoms with Crippen LogP contribution in [0.5, 0.6) is 5.75 Å². The summed E-state index contributed by atoms with van der Waals surface area (Å²) >= 11 is 0. The Morgan fingerprint density at radius 1 is 1.28 bits per heavy atom. The van der Waals surface area contributed by atoms with Crippen LogP contribution >= 0.6 is 0 Å². The third-order valence-electron chi connectivity index (χ3n) is 2.93. The van der Waals surface area contributed by atoms with Gasteiger partial charge in [-0.15, -0.1) is 0 Å². The lowest BCUT2D eigenvalue weighted by Crippen LogP contribution is -2.26. The monoisotopic (exact) mass is 258 g/mol. The van der Waals surface area contributed by atoms with Crippen LogP contribution in [0.4, 0.5) is 8.78 Å². The maximum atomic E-state index is 13.5. The number of hydrogen-bond acceptors (Lipinski definition) is 3. The smallest absolute Gasteiger partial charge is 0.190 e. The quantitative estimate of drug-likeness (QED) is 0.901. The predicted molar refractivity (Wildman–Crippen MR) is 61.4 cm³/mol. The summed E-state index contributed by atoms with van der Waals surface area (Å²) in [6.07, 6.45) is 2.81. The zero-order valence-corrected chi connectivity index (χ0v) is 9.99. The minimum absolute atomic E-state index is 0.102. The molecule has 100 valence electrons. The predicted octanol–water partition coefficient (Wildman–Crippen LogP) is 2.41. The molecule has 3 nitrogen and oxygen atoms in total. The average molecular weight is 258 g/mol. The first-order chi connectivity index (χ1) is 8.70. The number of aliphatic hydroxyl groups is 1. The van der Waals surface area contributed by atoms with E-state index in [0.717, 1.165) is 31.4 Å². The molecular weight excluding hydrogens is 242 g/mol. The van der Waals surface area contributed by atoms with Gasteiger partial charge in [-0.05, 0) is 37.0 Å². The lowest BCUT2D eigenvalue weighted by Gasteiger charge is -2.22. The molecule has 2 rings (SSSR count). The molecule has 1 aromatic rings. The molecule has 1 unspecified atom stereocenters. The van der Waals surface area contributed by atoms with E-state index in [1.807, 2.05) is 0 Å². The molecular formula is C13H16F2O3. The Hall–Kier alpha value is -1.20. The second-order valence-corrected chi connectivity index (χ2v) is 4.35. The van der Waals surface area contributed by atoms with Gasteiger partial charge in [0.1, 0.15) is 6.61 Å². The molecule has 1 aliphatic rings. The van der Waals surface area contributed by atoms with Crippen LogP contribution in [-0.4, -0.2) is 24.4 Å². The summed E-state index contributed by atoms with van der Waals surface area (Å²) < 4.78 is 37.6. The van der Waals surface area contributed by atoms with Gasteiger partial charge in [-0.3, -0.25) is 0 Å². The Morgan fingerprint density at radius 2 is 2.00 bits per heavy atom. The van der Waals surface area contributed by atoms with Gasteiger partial charge >= 0.3 is 0 Å². The van der Waals surface area contributed by atoms with Crippen LogP contribution in [0.25, 0.3) is 0 Å². The number of rotatable bonds is 4. The van der Waals surface area contributed by atoms with Gasteiger partial charge < -0.3 is 14.6 Å². The largest absolute Gasteiger partial charge is 0.485 e. The fourth-order valence-corrected chi connectivity index (χ4v) is 1.96. The summed E-state index contributed by atoms with van der Waals surface area (Å²) in [5, 5.41) is 8.82. The Labute approximate surface area is 104 Å². The molecule has 5 heteroatoms. The molecule has 0 saturated carbocycles. The van der Waals surface area contributed by atoms with E-state index in [1.54, 1.807) is 0 Å². The van der Waals surface area contributed by atoms with Crippen molar-refractivity contribution in [2.45, 2.75) is 32.0 Å². The van der Waals surface area contributed by atoms with E-state index in [2.05, 4.69) is 0 Å². The third-order valence-corrected chi connectivity index (χ3v) is 2.93. The molecule has 18 heavy (non-hydrogen) atoms. The molecule has 0 aromatic heterocycles. The first kappa shape index (κ1) is 13.2. The van der Waals surface area contributed by atoms with E-state index in [-0.39, 0.29) is 18.3 Å². The SMILES string of the molecule is OCc1cc(F)c(OCC2CCCCO2)c(F)c1. The number of benzene rings is 1. The molecule has 1 fully saturated rings. The zero-order valence-electron chi connectivity index (χ0n) is 9.99. The van der Waals surface area contributed by atoms with Crippen molar-refractivity contribution in [1.29, 1.82) is 0 Å². The summed E-state index contributed by atoms with van der Waals surface area (Å²) in [4.78, 5) is 0. The van der Waals surface area contributed by atoms with Crippen molar-refractivity contribution in [3.05, 3.63) is 29.3 Å². The van der Waals surface area contributed by atoms with Crippen molar-refractivity contribution in [3.8, 4) is 5.75 Å². The Morgan fingerprint density at radius 3 is 2.56 bits per heavy atom. The molecule has 0 amide bonds. The number of aliphatic hydroxyl groups excluding tert-OH is 1. The highest BCUT2D eigenvalue weighted by atomic mass is 19.1. The van der Waals surface area contributed by atoms with Crippen LogP contribution in [0, 0.1) is 11.6 Å². The van der Waals surface area contributed by atoms with Gasteiger partial charge in [0, 0.05) is 6.61 Å². The molecule has 0 radical (unpaired) electrons. The van der Waals surface area contributed by atoms with E-state index in [1.165, 1.54) is 0 Å². The Bertz CT molecular complexity index is 380. The molecule has 0 spiro atoms. The normalized spacial score (nSPS) is 19.8. The van der Waals surface area contributed by atoms with Crippen molar-refractivity contribution in [2.75, 3.05) is 13.2 Å². The topological polar surface area (TPSA) is 38.7 Å². The van der Waals surface area contributed by atoms with Gasteiger partial charge in [-0.1, -0.05) is 0 Å². The molecule has 1 aliphatic heterocycles. The number of hydrogen-bond donors (Lipinski definition) is 1. The lowest BCUT2D eigenvalue weighted by atomic mass is 10.1. The molecule has 1 N–H and O–H groups in total. The maximum Gasteiger partial charge on any atom is 0.190 e. The standard InChI is InChI=1S/C13H16F2O3/c14-11-5-9(7-16)6-12(15)13(11)18-8-10-3-1-2-4-17-10/h5-6,10,16H,1-4,7-8H2. The molecule has 0 aliphatic carbocycles. The van der Waals surface area contributed by atoms with Gasteiger partial charge in [0.2, 0.25) is 0 Å². The van der Waals surface area contributed by atoms with Crippen LogP contribution < -0.4 is 4.74 Å². The summed E-state index contributed by atoms with van der Waals surface area (Å²) in [5.74, 6) is -1.99. The summed E-state index contributed by atoms with van der Waals surface area (Å²) in [6.45, 7) is 0.411. The van der Waals surface area contributed by atoms with Crippen molar-refractivity contribution in [1.82, 2.24) is 0 Å². The third kappa shape index (κ3) is 3.17. The summed E-state index contributed by atoms with van der Waals surface area (Å²) in [7, 11) is 0. The Balaban J connectivity index is 2.00. The van der Waals surface area contributed by atoms with Crippen LogP contribution in [0.3, 0.4) is 0 Å². The van der Waals surface area contributed by atoms with Crippen LogP contribution in [0.2, 0.25) is 0 Å². The van der Waals surface area contributed by atoms with Gasteiger partial charge in [-0.25, -0.2) is 8.78 Å². The highest BCUT2D eigenvalue weighted by molar-refractivity contribution is 5.31. The molecule has 0 bridgehead atoms. The molecule has 1 atom stereocenters. The van der Waals surface area contributed by atoms with E-state index < -0.39 is 24.0 Å². The Kier molecular flexibility index (Phi) is 4.49. The fraction of sp³-hybridized carbons (Fsp3) is 0.538. The van der Waals surface area contributed by atoms with E-state index in [4.69, 9.17) is 14.6 Å². The van der Waals surface area contributed by atoms with Gasteiger partial charge in [-0.2, -0.15) is 0 Å². The summed E-state index contributed by atoms with van der Waals surface area (Å²) in [6, 6.07) is 2.14. The van der Waals surface area contributed by atoms with Crippen LogP contribution in [0.15, 0.2) is 12.1 Å². The summed E-state index contributed by atoms with van der Waals surface area (Å²) in [5.41, 5.74) is 0.186.